The van der Waals surface area contributed by atoms with Crippen molar-refractivity contribution in [3.63, 3.8) is 0 Å². The maximum atomic E-state index is 11.7. The van der Waals surface area contributed by atoms with E-state index in [1.807, 2.05) is 46.0 Å². The molecule has 6 heteroatoms. The normalized spacial score (nSPS) is 20.5. The highest BCUT2D eigenvalue weighted by Crippen LogP contribution is 2.23. The SMILES string of the molecule is Cn1c(CNC2CC2NC(=O)OC(C)(C)C)nc2ccccc21. The summed E-state index contributed by atoms with van der Waals surface area (Å²) in [6.07, 6.45) is 0.568. The molecule has 1 fully saturated rings. The van der Waals surface area contributed by atoms with E-state index in [1.54, 1.807) is 0 Å². The quantitative estimate of drug-likeness (QED) is 0.908. The van der Waals surface area contributed by atoms with Gasteiger partial charge in [-0.3, -0.25) is 0 Å². The van der Waals surface area contributed by atoms with Crippen molar-refractivity contribution in [1.82, 2.24) is 20.2 Å². The number of amides is 1. The Morgan fingerprint density at radius 2 is 2.09 bits per heavy atom. The molecule has 23 heavy (non-hydrogen) atoms. The molecule has 1 amide bonds. The van der Waals surface area contributed by atoms with Crippen LogP contribution >= 0.6 is 0 Å². The second kappa shape index (κ2) is 5.85. The summed E-state index contributed by atoms with van der Waals surface area (Å²) in [6.45, 7) is 6.27. The Morgan fingerprint density at radius 3 is 2.78 bits per heavy atom. The maximum Gasteiger partial charge on any atom is 0.407 e. The van der Waals surface area contributed by atoms with E-state index in [9.17, 15) is 4.79 Å². The zero-order valence-electron chi connectivity index (χ0n) is 14.1. The molecule has 2 aromatic rings. The van der Waals surface area contributed by atoms with Crippen LogP contribution in [-0.4, -0.2) is 33.3 Å². The van der Waals surface area contributed by atoms with Gasteiger partial charge in [-0.15, -0.1) is 0 Å². The van der Waals surface area contributed by atoms with E-state index in [0.717, 1.165) is 23.3 Å². The number of imidazole rings is 1. The van der Waals surface area contributed by atoms with Crippen molar-refractivity contribution < 1.29 is 9.53 Å². The molecule has 6 nitrogen and oxygen atoms in total. The van der Waals surface area contributed by atoms with E-state index in [1.165, 1.54) is 0 Å². The monoisotopic (exact) mass is 316 g/mol. The molecule has 1 aromatic carbocycles. The van der Waals surface area contributed by atoms with Crippen LogP contribution in [0.3, 0.4) is 0 Å². The Hall–Kier alpha value is -2.08. The third kappa shape index (κ3) is 3.82. The zero-order valence-corrected chi connectivity index (χ0v) is 14.1. The number of alkyl carbamates (subject to hydrolysis) is 1. The number of para-hydroxylation sites is 2. The molecule has 2 N–H and O–H groups in total. The minimum Gasteiger partial charge on any atom is -0.444 e. The van der Waals surface area contributed by atoms with Crippen molar-refractivity contribution >= 4 is 17.1 Å². The van der Waals surface area contributed by atoms with Gasteiger partial charge in [0.1, 0.15) is 11.4 Å². The van der Waals surface area contributed by atoms with Crippen molar-refractivity contribution in [2.75, 3.05) is 0 Å². The molecular formula is C17H24N4O2. The van der Waals surface area contributed by atoms with Gasteiger partial charge in [-0.2, -0.15) is 0 Å². The van der Waals surface area contributed by atoms with Gasteiger partial charge in [0, 0.05) is 19.1 Å². The van der Waals surface area contributed by atoms with Gasteiger partial charge in [-0.05, 0) is 39.3 Å². The Kier molecular flexibility index (Phi) is 4.02. The highest BCUT2D eigenvalue weighted by Gasteiger charge is 2.39. The summed E-state index contributed by atoms with van der Waals surface area (Å²) in [5, 5.41) is 6.33. The number of hydrogen-bond acceptors (Lipinski definition) is 4. The van der Waals surface area contributed by atoms with Crippen LogP contribution in [-0.2, 0) is 18.3 Å². The molecule has 124 valence electrons. The van der Waals surface area contributed by atoms with E-state index >= 15 is 0 Å². The van der Waals surface area contributed by atoms with Crippen LogP contribution in [0.25, 0.3) is 11.0 Å². The maximum absolute atomic E-state index is 11.7. The van der Waals surface area contributed by atoms with Gasteiger partial charge in [0.15, 0.2) is 0 Å². The van der Waals surface area contributed by atoms with E-state index in [2.05, 4.69) is 26.3 Å². The Morgan fingerprint density at radius 1 is 1.35 bits per heavy atom. The summed E-state index contributed by atoms with van der Waals surface area (Å²) in [5.74, 6) is 0.995. The fourth-order valence-corrected chi connectivity index (χ4v) is 2.61. The van der Waals surface area contributed by atoms with Crippen LogP contribution in [0.4, 0.5) is 4.79 Å². The fourth-order valence-electron chi connectivity index (χ4n) is 2.61. The molecule has 0 saturated heterocycles. The van der Waals surface area contributed by atoms with Gasteiger partial charge >= 0.3 is 6.09 Å². The van der Waals surface area contributed by atoms with Crippen LogP contribution in [0.1, 0.15) is 33.0 Å². The van der Waals surface area contributed by atoms with Crippen LogP contribution in [0, 0.1) is 0 Å². The zero-order chi connectivity index (χ0) is 16.6. The van der Waals surface area contributed by atoms with E-state index in [4.69, 9.17) is 4.74 Å². The molecule has 1 aromatic heterocycles. The molecule has 0 bridgehead atoms. The third-order valence-corrected chi connectivity index (χ3v) is 3.89. The van der Waals surface area contributed by atoms with Gasteiger partial charge in [-0.25, -0.2) is 9.78 Å². The van der Waals surface area contributed by atoms with Gasteiger partial charge in [0.05, 0.1) is 17.6 Å². The molecule has 2 unspecified atom stereocenters. The van der Waals surface area contributed by atoms with Gasteiger partial charge < -0.3 is 19.9 Å². The first-order chi connectivity index (χ1) is 10.8. The second-order valence-corrected chi connectivity index (χ2v) is 7.05. The standard InChI is InChI=1S/C17H24N4O2/c1-17(2,3)23-16(22)20-13-9-12(13)18-10-15-19-11-7-5-6-8-14(11)21(15)4/h5-8,12-13,18H,9-10H2,1-4H3,(H,20,22). The molecule has 0 radical (unpaired) electrons. The number of aromatic nitrogens is 2. The largest absolute Gasteiger partial charge is 0.444 e. The molecule has 1 aliphatic rings. The molecule has 3 rings (SSSR count). The summed E-state index contributed by atoms with van der Waals surface area (Å²) in [6, 6.07) is 8.51. The minimum atomic E-state index is -0.463. The lowest BCUT2D eigenvalue weighted by Crippen LogP contribution is -2.36. The number of ether oxygens (including phenoxy) is 1. The summed E-state index contributed by atoms with van der Waals surface area (Å²) in [7, 11) is 2.02. The summed E-state index contributed by atoms with van der Waals surface area (Å²) in [4.78, 5) is 16.4. The lowest BCUT2D eigenvalue weighted by atomic mass is 10.2. The highest BCUT2D eigenvalue weighted by atomic mass is 16.6. The lowest BCUT2D eigenvalue weighted by Gasteiger charge is -2.19. The fraction of sp³-hybridized carbons (Fsp3) is 0.529. The van der Waals surface area contributed by atoms with Crippen LogP contribution in [0.15, 0.2) is 24.3 Å². The number of benzene rings is 1. The Bertz CT molecular complexity index is 717. The third-order valence-electron chi connectivity index (χ3n) is 3.89. The van der Waals surface area contributed by atoms with Crippen molar-refractivity contribution in [1.29, 1.82) is 0 Å². The van der Waals surface area contributed by atoms with Crippen molar-refractivity contribution in [2.45, 2.75) is 51.4 Å². The average molecular weight is 316 g/mol. The van der Waals surface area contributed by atoms with Gasteiger partial charge in [-0.1, -0.05) is 12.1 Å². The van der Waals surface area contributed by atoms with Crippen LogP contribution < -0.4 is 10.6 Å². The lowest BCUT2D eigenvalue weighted by molar-refractivity contribution is 0.0522. The van der Waals surface area contributed by atoms with Gasteiger partial charge in [0.2, 0.25) is 0 Å². The first kappa shape index (κ1) is 15.8. The van der Waals surface area contributed by atoms with Crippen LogP contribution in [0.5, 0.6) is 0 Å². The van der Waals surface area contributed by atoms with E-state index in [0.29, 0.717) is 6.54 Å². The number of nitrogens with one attached hydrogen (secondary N) is 2. The molecule has 1 saturated carbocycles. The summed E-state index contributed by atoms with van der Waals surface area (Å²) in [5.41, 5.74) is 1.67. The molecule has 2 atom stereocenters. The van der Waals surface area contributed by atoms with Crippen molar-refractivity contribution in [2.24, 2.45) is 7.05 Å². The molecule has 0 spiro atoms. The highest BCUT2D eigenvalue weighted by molar-refractivity contribution is 5.75. The number of nitrogens with zero attached hydrogens (tertiary/aromatic N) is 2. The van der Waals surface area contributed by atoms with Crippen LogP contribution in [0.2, 0.25) is 0 Å². The van der Waals surface area contributed by atoms with E-state index in [-0.39, 0.29) is 18.2 Å². The Labute approximate surface area is 136 Å². The van der Waals surface area contributed by atoms with Crippen molar-refractivity contribution in [3.05, 3.63) is 30.1 Å². The number of rotatable bonds is 4. The number of aryl methyl sites for hydroxylation is 1. The number of carbonyl (C=O) groups excluding carboxylic acids is 1. The molecular weight excluding hydrogens is 292 g/mol. The number of carbonyl (C=O) groups is 1. The predicted octanol–water partition coefficient (Wildman–Crippen LogP) is 2.33. The first-order valence-electron chi connectivity index (χ1n) is 7.97. The predicted molar refractivity (Wildman–Crippen MR) is 89.1 cm³/mol. The van der Waals surface area contributed by atoms with Gasteiger partial charge in [0.25, 0.3) is 0 Å². The van der Waals surface area contributed by atoms with Crippen molar-refractivity contribution in [3.8, 4) is 0 Å². The molecule has 0 aliphatic heterocycles. The number of fused-ring (bicyclic) bond motifs is 1. The topological polar surface area (TPSA) is 68.2 Å². The molecule has 1 heterocycles. The average Bonchev–Trinajstić information content (AvgIpc) is 3.10. The smallest absolute Gasteiger partial charge is 0.407 e. The minimum absolute atomic E-state index is 0.138. The second-order valence-electron chi connectivity index (χ2n) is 7.05. The summed E-state index contributed by atoms with van der Waals surface area (Å²) >= 11 is 0. The number of hydrogen-bond donors (Lipinski definition) is 2. The Balaban J connectivity index is 1.50. The van der Waals surface area contributed by atoms with E-state index < -0.39 is 5.60 Å². The first-order valence-corrected chi connectivity index (χ1v) is 7.97. The summed E-state index contributed by atoms with van der Waals surface area (Å²) < 4.78 is 7.36. The molecule has 1 aliphatic carbocycles.